The van der Waals surface area contributed by atoms with Gasteiger partial charge in [-0.1, -0.05) is 18.2 Å². The molecule has 0 saturated heterocycles. The lowest BCUT2D eigenvalue weighted by Gasteiger charge is -2.16. The maximum Gasteiger partial charge on any atom is 0.303 e. The molecule has 1 rings (SSSR count). The summed E-state index contributed by atoms with van der Waals surface area (Å²) in [6.45, 7) is 1.28. The van der Waals surface area contributed by atoms with Crippen molar-refractivity contribution in [3.63, 3.8) is 0 Å². The van der Waals surface area contributed by atoms with Crippen molar-refractivity contribution in [1.82, 2.24) is 5.32 Å². The minimum absolute atomic E-state index is 0.0492. The lowest BCUT2D eigenvalue weighted by atomic mass is 10.1. The van der Waals surface area contributed by atoms with Crippen LogP contribution >= 0.6 is 0 Å². The molecule has 0 fully saturated rings. The number of aliphatic carboxylic acids is 1. The molecule has 3 N–H and O–H groups in total. The van der Waals surface area contributed by atoms with E-state index >= 15 is 0 Å². The van der Waals surface area contributed by atoms with Crippen LogP contribution in [0.15, 0.2) is 30.3 Å². The van der Waals surface area contributed by atoms with Crippen molar-refractivity contribution >= 4 is 23.5 Å². The highest BCUT2D eigenvalue weighted by Crippen LogP contribution is 2.07. The van der Waals surface area contributed by atoms with E-state index in [0.717, 1.165) is 0 Å². The molecule has 0 unspecified atom stereocenters. The molecule has 0 aliphatic rings. The van der Waals surface area contributed by atoms with Crippen LogP contribution < -0.4 is 10.6 Å². The lowest BCUT2D eigenvalue weighted by Crippen LogP contribution is -2.43. The third kappa shape index (κ3) is 5.67. The van der Waals surface area contributed by atoms with Crippen molar-refractivity contribution in [2.24, 2.45) is 0 Å². The maximum absolute atomic E-state index is 11.9. The molecular formula is C13H16N2O4. The van der Waals surface area contributed by atoms with Gasteiger partial charge in [0.1, 0.15) is 6.04 Å². The second-order valence-electron chi connectivity index (χ2n) is 4.04. The lowest BCUT2D eigenvalue weighted by molar-refractivity contribution is -0.137. The van der Waals surface area contributed by atoms with E-state index in [-0.39, 0.29) is 18.7 Å². The van der Waals surface area contributed by atoms with Gasteiger partial charge in [-0.25, -0.2) is 0 Å². The SMILES string of the molecule is CC(=O)N[C@@H](CCC(=O)O)C(=O)Nc1ccccc1. The molecule has 0 radical (unpaired) electrons. The minimum atomic E-state index is -1.01. The number of anilines is 1. The maximum atomic E-state index is 11.9. The van der Waals surface area contributed by atoms with E-state index in [1.807, 2.05) is 6.07 Å². The van der Waals surface area contributed by atoms with Gasteiger partial charge in [-0.15, -0.1) is 0 Å². The Bertz CT molecular complexity index is 459. The molecule has 0 heterocycles. The highest BCUT2D eigenvalue weighted by molar-refractivity contribution is 5.97. The fraction of sp³-hybridized carbons (Fsp3) is 0.308. The zero-order chi connectivity index (χ0) is 14.3. The minimum Gasteiger partial charge on any atom is -0.481 e. The molecule has 6 heteroatoms. The molecule has 19 heavy (non-hydrogen) atoms. The van der Waals surface area contributed by atoms with Crippen molar-refractivity contribution in [1.29, 1.82) is 0 Å². The summed E-state index contributed by atoms with van der Waals surface area (Å²) in [6, 6.07) is 7.90. The first-order valence-electron chi connectivity index (χ1n) is 5.84. The van der Waals surface area contributed by atoms with E-state index in [1.54, 1.807) is 24.3 Å². The number of amides is 2. The number of hydrogen-bond donors (Lipinski definition) is 3. The zero-order valence-electron chi connectivity index (χ0n) is 10.6. The van der Waals surface area contributed by atoms with Gasteiger partial charge in [0.15, 0.2) is 0 Å². The number of carboxylic acids is 1. The van der Waals surface area contributed by atoms with Crippen molar-refractivity contribution in [3.8, 4) is 0 Å². The van der Waals surface area contributed by atoms with Gasteiger partial charge in [0, 0.05) is 19.0 Å². The third-order valence-corrected chi connectivity index (χ3v) is 2.38. The second kappa shape index (κ2) is 7.15. The Morgan fingerprint density at radius 2 is 1.84 bits per heavy atom. The molecule has 1 aromatic rings. The summed E-state index contributed by atoms with van der Waals surface area (Å²) in [5, 5.41) is 13.7. The molecule has 0 aromatic heterocycles. The highest BCUT2D eigenvalue weighted by Gasteiger charge is 2.20. The highest BCUT2D eigenvalue weighted by atomic mass is 16.4. The summed E-state index contributed by atoms with van der Waals surface area (Å²) in [7, 11) is 0. The van der Waals surface area contributed by atoms with Gasteiger partial charge in [0.05, 0.1) is 0 Å². The van der Waals surface area contributed by atoms with E-state index in [4.69, 9.17) is 5.11 Å². The molecule has 2 amide bonds. The third-order valence-electron chi connectivity index (χ3n) is 2.38. The number of rotatable bonds is 6. The number of carbonyl (C=O) groups excluding carboxylic acids is 2. The number of nitrogens with one attached hydrogen (secondary N) is 2. The fourth-order valence-corrected chi connectivity index (χ4v) is 1.53. The Balaban J connectivity index is 2.65. The predicted molar refractivity (Wildman–Crippen MR) is 69.5 cm³/mol. The predicted octanol–water partition coefficient (Wildman–Crippen LogP) is 0.995. The van der Waals surface area contributed by atoms with E-state index in [9.17, 15) is 14.4 Å². The van der Waals surface area contributed by atoms with Crippen LogP contribution in [0.3, 0.4) is 0 Å². The van der Waals surface area contributed by atoms with Gasteiger partial charge in [0.2, 0.25) is 11.8 Å². The molecule has 1 atom stereocenters. The van der Waals surface area contributed by atoms with Crippen molar-refractivity contribution < 1.29 is 19.5 Å². The molecule has 1 aromatic carbocycles. The summed E-state index contributed by atoms with van der Waals surface area (Å²) in [4.78, 5) is 33.5. The van der Waals surface area contributed by atoms with Crippen molar-refractivity contribution in [3.05, 3.63) is 30.3 Å². The molecule has 0 bridgehead atoms. The van der Waals surface area contributed by atoms with Gasteiger partial charge in [-0.2, -0.15) is 0 Å². The molecule has 102 valence electrons. The molecule has 0 aliphatic carbocycles. The fourth-order valence-electron chi connectivity index (χ4n) is 1.53. The quantitative estimate of drug-likeness (QED) is 0.714. The Kier molecular flexibility index (Phi) is 5.53. The van der Waals surface area contributed by atoms with Gasteiger partial charge in [-0.3, -0.25) is 14.4 Å². The molecule has 0 spiro atoms. The van der Waals surface area contributed by atoms with Crippen LogP contribution in [0.5, 0.6) is 0 Å². The number of benzene rings is 1. The van der Waals surface area contributed by atoms with Gasteiger partial charge in [-0.05, 0) is 18.6 Å². The van der Waals surface area contributed by atoms with Crippen LogP contribution in [0.4, 0.5) is 5.69 Å². The van der Waals surface area contributed by atoms with Gasteiger partial charge >= 0.3 is 5.97 Å². The summed E-state index contributed by atoms with van der Waals surface area (Å²) in [5.74, 6) is -1.82. The van der Waals surface area contributed by atoms with Crippen LogP contribution in [0.1, 0.15) is 19.8 Å². The topological polar surface area (TPSA) is 95.5 Å². The van der Waals surface area contributed by atoms with Crippen LogP contribution in [-0.2, 0) is 14.4 Å². The average molecular weight is 264 g/mol. The van der Waals surface area contributed by atoms with E-state index < -0.39 is 17.9 Å². The Morgan fingerprint density at radius 3 is 2.37 bits per heavy atom. The Morgan fingerprint density at radius 1 is 1.21 bits per heavy atom. The molecule has 0 saturated carbocycles. The largest absolute Gasteiger partial charge is 0.481 e. The standard InChI is InChI=1S/C13H16N2O4/c1-9(16)14-11(7-8-12(17)18)13(19)15-10-5-3-2-4-6-10/h2-6,11H,7-8H2,1H3,(H,14,16)(H,15,19)(H,17,18)/t11-/m0/s1. The smallest absolute Gasteiger partial charge is 0.303 e. The van der Waals surface area contributed by atoms with Gasteiger partial charge in [0.25, 0.3) is 0 Å². The number of carboxylic acid groups (broad SMARTS) is 1. The number of para-hydroxylation sites is 1. The average Bonchev–Trinajstić information content (AvgIpc) is 2.35. The summed E-state index contributed by atoms with van der Waals surface area (Å²) < 4.78 is 0. The van der Waals surface area contributed by atoms with E-state index in [1.165, 1.54) is 6.92 Å². The first kappa shape index (κ1) is 14.7. The zero-order valence-corrected chi connectivity index (χ0v) is 10.6. The van der Waals surface area contributed by atoms with Crippen LogP contribution in [0.25, 0.3) is 0 Å². The summed E-state index contributed by atoms with van der Waals surface area (Å²) in [5.41, 5.74) is 0.596. The first-order chi connectivity index (χ1) is 8.99. The molecule has 0 aliphatic heterocycles. The Hall–Kier alpha value is -2.37. The van der Waals surface area contributed by atoms with Crippen LogP contribution in [0, 0.1) is 0 Å². The molecular weight excluding hydrogens is 248 g/mol. The number of carbonyl (C=O) groups is 3. The van der Waals surface area contributed by atoms with Gasteiger partial charge < -0.3 is 15.7 Å². The number of hydrogen-bond acceptors (Lipinski definition) is 3. The first-order valence-corrected chi connectivity index (χ1v) is 5.84. The van der Waals surface area contributed by atoms with Crippen LogP contribution in [-0.4, -0.2) is 28.9 Å². The van der Waals surface area contributed by atoms with Crippen LogP contribution in [0.2, 0.25) is 0 Å². The summed E-state index contributed by atoms with van der Waals surface area (Å²) in [6.07, 6.45) is -0.138. The Labute approximate surface area is 110 Å². The van der Waals surface area contributed by atoms with E-state index in [2.05, 4.69) is 10.6 Å². The van der Waals surface area contributed by atoms with Crippen molar-refractivity contribution in [2.45, 2.75) is 25.8 Å². The normalized spacial score (nSPS) is 11.4. The monoisotopic (exact) mass is 264 g/mol. The van der Waals surface area contributed by atoms with E-state index in [0.29, 0.717) is 5.69 Å². The summed E-state index contributed by atoms with van der Waals surface area (Å²) >= 11 is 0. The van der Waals surface area contributed by atoms with Crippen molar-refractivity contribution in [2.75, 3.05) is 5.32 Å². The molecule has 6 nitrogen and oxygen atoms in total. The second-order valence-corrected chi connectivity index (χ2v) is 4.04.